The Morgan fingerprint density at radius 3 is 2.29 bits per heavy atom. The van der Waals surface area contributed by atoms with Gasteiger partial charge in [-0.15, -0.1) is 13.2 Å². The molecule has 0 bridgehead atoms. The molecule has 0 N–H and O–H groups in total. The van der Waals surface area contributed by atoms with E-state index in [0.29, 0.717) is 25.9 Å². The molecule has 0 amide bonds. The van der Waals surface area contributed by atoms with Crippen molar-refractivity contribution in [2.75, 3.05) is 20.1 Å². The average Bonchev–Trinajstić information content (AvgIpc) is 2.02. The van der Waals surface area contributed by atoms with Gasteiger partial charge < -0.3 is 9.64 Å². The van der Waals surface area contributed by atoms with Crippen molar-refractivity contribution in [3.63, 3.8) is 0 Å². The van der Waals surface area contributed by atoms with E-state index in [1.807, 2.05) is 11.9 Å². The lowest BCUT2D eigenvalue weighted by atomic mass is 9.97. The van der Waals surface area contributed by atoms with Gasteiger partial charge in [0, 0.05) is 0 Å². The smallest absolute Gasteiger partial charge is 0.373 e. The molecule has 0 aromatic rings. The summed E-state index contributed by atoms with van der Waals surface area (Å²) in [6, 6.07) is 0. The van der Waals surface area contributed by atoms with Crippen LogP contribution in [0.2, 0.25) is 0 Å². The Hall–Kier alpha value is -0.780. The molecule has 0 atom stereocenters. The van der Waals surface area contributed by atoms with Crippen LogP contribution in [0.5, 0.6) is 0 Å². The van der Waals surface area contributed by atoms with Gasteiger partial charge in [-0.3, -0.25) is 4.79 Å². The van der Waals surface area contributed by atoms with Crippen LogP contribution in [0.3, 0.4) is 0 Å². The van der Waals surface area contributed by atoms with Crippen LogP contribution in [0.25, 0.3) is 0 Å². The normalized spacial score (nSPS) is 20.9. The van der Waals surface area contributed by atoms with Crippen LogP contribution in [0.1, 0.15) is 12.8 Å². The number of esters is 1. The fourth-order valence-corrected chi connectivity index (χ4v) is 1.44. The molecule has 82 valence electrons. The topological polar surface area (TPSA) is 29.5 Å². The predicted octanol–water partition coefficient (Wildman–Crippen LogP) is 1.39. The molecule has 1 fully saturated rings. The summed E-state index contributed by atoms with van der Waals surface area (Å²) >= 11 is 0. The largest absolute Gasteiger partial charge is 0.575 e. The van der Waals surface area contributed by atoms with Crippen LogP contribution in [0, 0.1) is 5.92 Å². The summed E-state index contributed by atoms with van der Waals surface area (Å²) in [5, 5.41) is 0. The SMILES string of the molecule is CN1CCC(C(=O)OC(F)(F)F)CC1. The maximum Gasteiger partial charge on any atom is 0.575 e. The van der Waals surface area contributed by atoms with E-state index in [0.717, 1.165) is 0 Å². The van der Waals surface area contributed by atoms with E-state index in [4.69, 9.17) is 0 Å². The molecule has 3 nitrogen and oxygen atoms in total. The summed E-state index contributed by atoms with van der Waals surface area (Å²) in [7, 11) is 1.87. The molecule has 0 radical (unpaired) electrons. The summed E-state index contributed by atoms with van der Waals surface area (Å²) < 4.78 is 38.4. The van der Waals surface area contributed by atoms with Gasteiger partial charge in [0.1, 0.15) is 0 Å². The first-order chi connectivity index (χ1) is 6.38. The third kappa shape index (κ3) is 3.53. The standard InChI is InChI=1S/C8H12F3NO2/c1-12-4-2-6(3-5-12)7(13)14-8(9,10)11/h6H,2-5H2,1H3. The molecule has 1 heterocycles. The highest BCUT2D eigenvalue weighted by Crippen LogP contribution is 2.23. The first kappa shape index (κ1) is 11.3. The van der Waals surface area contributed by atoms with Crippen LogP contribution in [-0.2, 0) is 9.53 Å². The lowest BCUT2D eigenvalue weighted by Crippen LogP contribution is -2.36. The van der Waals surface area contributed by atoms with Crippen molar-refractivity contribution >= 4 is 5.97 Å². The number of nitrogens with zero attached hydrogens (tertiary/aromatic N) is 1. The number of halogens is 3. The second-order valence-corrected chi connectivity index (χ2v) is 3.44. The molecule has 0 aromatic heterocycles. The van der Waals surface area contributed by atoms with E-state index in [-0.39, 0.29) is 0 Å². The van der Waals surface area contributed by atoms with E-state index in [2.05, 4.69) is 4.74 Å². The molecule has 0 unspecified atom stereocenters. The Labute approximate surface area is 79.8 Å². The minimum atomic E-state index is -4.85. The number of alkyl halides is 3. The van der Waals surface area contributed by atoms with Crippen molar-refractivity contribution in [2.24, 2.45) is 5.92 Å². The molecule has 1 aliphatic heterocycles. The second kappa shape index (κ2) is 4.16. The molecule has 14 heavy (non-hydrogen) atoms. The molecule has 1 saturated heterocycles. The second-order valence-electron chi connectivity index (χ2n) is 3.44. The summed E-state index contributed by atoms with van der Waals surface area (Å²) in [6.07, 6.45) is -3.97. The van der Waals surface area contributed by atoms with Gasteiger partial charge in [-0.05, 0) is 33.0 Å². The lowest BCUT2D eigenvalue weighted by molar-refractivity contribution is -0.308. The summed E-state index contributed by atoms with van der Waals surface area (Å²) in [5.74, 6) is -1.75. The summed E-state index contributed by atoms with van der Waals surface area (Å²) in [5.41, 5.74) is 0. The van der Waals surface area contributed by atoms with Crippen LogP contribution in [0.15, 0.2) is 0 Å². The minimum Gasteiger partial charge on any atom is -0.373 e. The van der Waals surface area contributed by atoms with Gasteiger partial charge in [-0.2, -0.15) is 0 Å². The van der Waals surface area contributed by atoms with Crippen molar-refractivity contribution in [1.82, 2.24) is 4.90 Å². The maximum absolute atomic E-state index is 11.7. The highest BCUT2D eigenvalue weighted by atomic mass is 19.4. The van der Waals surface area contributed by atoms with Gasteiger partial charge in [0.25, 0.3) is 0 Å². The van der Waals surface area contributed by atoms with Gasteiger partial charge in [0.05, 0.1) is 5.92 Å². The van der Waals surface area contributed by atoms with Gasteiger partial charge in [-0.25, -0.2) is 0 Å². The highest BCUT2D eigenvalue weighted by molar-refractivity contribution is 5.72. The lowest BCUT2D eigenvalue weighted by Gasteiger charge is -2.27. The third-order valence-corrected chi connectivity index (χ3v) is 2.27. The van der Waals surface area contributed by atoms with E-state index in [1.165, 1.54) is 0 Å². The molecule has 0 aliphatic carbocycles. The zero-order valence-electron chi connectivity index (χ0n) is 7.80. The van der Waals surface area contributed by atoms with E-state index < -0.39 is 18.2 Å². The van der Waals surface area contributed by atoms with Gasteiger partial charge in [-0.1, -0.05) is 0 Å². The third-order valence-electron chi connectivity index (χ3n) is 2.27. The van der Waals surface area contributed by atoms with Crippen molar-refractivity contribution in [2.45, 2.75) is 19.2 Å². The summed E-state index contributed by atoms with van der Waals surface area (Å²) in [6.45, 7) is 1.27. The Bertz CT molecular complexity index is 209. The molecule has 0 spiro atoms. The van der Waals surface area contributed by atoms with Crippen LogP contribution >= 0.6 is 0 Å². The van der Waals surface area contributed by atoms with E-state index in [1.54, 1.807) is 0 Å². The minimum absolute atomic E-state index is 0.436. The maximum atomic E-state index is 11.7. The van der Waals surface area contributed by atoms with Crippen molar-refractivity contribution in [3.05, 3.63) is 0 Å². The molecule has 6 heteroatoms. The van der Waals surface area contributed by atoms with Crippen molar-refractivity contribution < 1.29 is 22.7 Å². The Balaban J connectivity index is 2.38. The number of hydrogen-bond donors (Lipinski definition) is 0. The van der Waals surface area contributed by atoms with Crippen LogP contribution < -0.4 is 0 Å². The quantitative estimate of drug-likeness (QED) is 0.614. The molecule has 0 aromatic carbocycles. The van der Waals surface area contributed by atoms with E-state index >= 15 is 0 Å². The van der Waals surface area contributed by atoms with E-state index in [9.17, 15) is 18.0 Å². The molecule has 1 rings (SSSR count). The van der Waals surface area contributed by atoms with Crippen molar-refractivity contribution in [3.8, 4) is 0 Å². The molecule has 0 saturated carbocycles. The average molecular weight is 211 g/mol. The highest BCUT2D eigenvalue weighted by Gasteiger charge is 2.37. The Morgan fingerprint density at radius 1 is 1.36 bits per heavy atom. The fraction of sp³-hybridized carbons (Fsp3) is 0.875. The number of hydrogen-bond acceptors (Lipinski definition) is 3. The van der Waals surface area contributed by atoms with Gasteiger partial charge >= 0.3 is 12.3 Å². The summed E-state index contributed by atoms with van der Waals surface area (Å²) in [4.78, 5) is 12.9. The fourth-order valence-electron chi connectivity index (χ4n) is 1.44. The zero-order valence-corrected chi connectivity index (χ0v) is 7.80. The Kier molecular flexibility index (Phi) is 3.36. The number of carbonyl (C=O) groups is 1. The number of carbonyl (C=O) groups excluding carboxylic acids is 1. The first-order valence-electron chi connectivity index (χ1n) is 4.36. The molecular formula is C8H12F3NO2. The molecule has 1 aliphatic rings. The van der Waals surface area contributed by atoms with Gasteiger partial charge in [0.15, 0.2) is 0 Å². The number of piperidine rings is 1. The van der Waals surface area contributed by atoms with Gasteiger partial charge in [0.2, 0.25) is 0 Å². The Morgan fingerprint density at radius 2 is 1.86 bits per heavy atom. The zero-order chi connectivity index (χ0) is 10.8. The number of ether oxygens (including phenoxy) is 1. The number of likely N-dealkylation sites (tertiary alicyclic amines) is 1. The first-order valence-corrected chi connectivity index (χ1v) is 4.36. The van der Waals surface area contributed by atoms with Crippen LogP contribution in [-0.4, -0.2) is 37.4 Å². The monoisotopic (exact) mass is 211 g/mol. The van der Waals surface area contributed by atoms with Crippen LogP contribution in [0.4, 0.5) is 13.2 Å². The number of rotatable bonds is 1. The van der Waals surface area contributed by atoms with Crippen molar-refractivity contribution in [1.29, 1.82) is 0 Å². The molecular weight excluding hydrogens is 199 g/mol. The predicted molar refractivity (Wildman–Crippen MR) is 42.4 cm³/mol.